The van der Waals surface area contributed by atoms with Gasteiger partial charge in [0, 0.05) is 17.1 Å². The van der Waals surface area contributed by atoms with Crippen molar-refractivity contribution < 1.29 is 9.47 Å². The van der Waals surface area contributed by atoms with Crippen LogP contribution >= 0.6 is 15.9 Å². The predicted molar refractivity (Wildman–Crippen MR) is 89.5 cm³/mol. The first-order chi connectivity index (χ1) is 10.8. The zero-order valence-corrected chi connectivity index (χ0v) is 13.9. The summed E-state index contributed by atoms with van der Waals surface area (Å²) in [6.45, 7) is 2.11. The summed E-state index contributed by atoms with van der Waals surface area (Å²) in [6.07, 6.45) is 2.29. The number of halogens is 1. The van der Waals surface area contributed by atoms with E-state index in [9.17, 15) is 0 Å². The van der Waals surface area contributed by atoms with E-state index in [1.807, 2.05) is 6.07 Å². The van der Waals surface area contributed by atoms with E-state index in [1.54, 1.807) is 0 Å². The van der Waals surface area contributed by atoms with Crippen LogP contribution in [0.25, 0.3) is 0 Å². The summed E-state index contributed by atoms with van der Waals surface area (Å²) in [6, 6.07) is 13.1. The second kappa shape index (κ2) is 5.94. The monoisotopic (exact) mass is 359 g/mol. The highest BCUT2D eigenvalue weighted by Crippen LogP contribution is 2.36. The summed E-state index contributed by atoms with van der Waals surface area (Å²) >= 11 is 3.65. The first kappa shape index (κ1) is 14.1. The average molecular weight is 360 g/mol. The molecule has 4 heteroatoms. The third-order valence-corrected chi connectivity index (χ3v) is 5.12. The van der Waals surface area contributed by atoms with E-state index in [1.165, 1.54) is 21.2 Å². The number of hydrogen-bond acceptors (Lipinski definition) is 3. The lowest BCUT2D eigenvalue weighted by molar-refractivity contribution is 0.171. The van der Waals surface area contributed by atoms with Crippen LogP contribution in [0, 0.1) is 0 Å². The van der Waals surface area contributed by atoms with Gasteiger partial charge >= 0.3 is 0 Å². The fraction of sp³-hybridized carbons (Fsp3) is 0.333. The highest BCUT2D eigenvalue weighted by Gasteiger charge is 2.23. The quantitative estimate of drug-likeness (QED) is 0.898. The maximum absolute atomic E-state index is 5.65. The van der Waals surface area contributed by atoms with Gasteiger partial charge in [-0.3, -0.25) is 0 Å². The second-order valence-electron chi connectivity index (χ2n) is 5.76. The maximum atomic E-state index is 5.65. The normalized spacial score (nSPS) is 19.0. The van der Waals surface area contributed by atoms with E-state index in [-0.39, 0.29) is 0 Å². The van der Waals surface area contributed by atoms with Gasteiger partial charge in [-0.25, -0.2) is 0 Å². The standard InChI is InChI=1S/C18H18BrNO2/c19-15-3-1-2-14-13(15)5-6-16(14)20-11-12-4-7-17-18(10-12)22-9-8-21-17/h1-4,7,10,16,20H,5-6,8-9,11H2. The van der Waals surface area contributed by atoms with Crippen LogP contribution in [0.4, 0.5) is 0 Å². The predicted octanol–water partition coefficient (Wildman–Crippen LogP) is 4.00. The van der Waals surface area contributed by atoms with Crippen LogP contribution in [0.3, 0.4) is 0 Å². The van der Waals surface area contributed by atoms with Crippen molar-refractivity contribution in [3.05, 3.63) is 57.6 Å². The average Bonchev–Trinajstić information content (AvgIpc) is 2.97. The molecule has 22 heavy (non-hydrogen) atoms. The van der Waals surface area contributed by atoms with Crippen molar-refractivity contribution in [2.45, 2.75) is 25.4 Å². The van der Waals surface area contributed by atoms with E-state index in [2.05, 4.69) is 51.6 Å². The molecule has 114 valence electrons. The molecule has 1 atom stereocenters. The number of rotatable bonds is 3. The minimum Gasteiger partial charge on any atom is -0.486 e. The van der Waals surface area contributed by atoms with Crippen molar-refractivity contribution in [3.8, 4) is 11.5 Å². The van der Waals surface area contributed by atoms with E-state index < -0.39 is 0 Å². The molecule has 0 aromatic heterocycles. The molecule has 4 rings (SSSR count). The summed E-state index contributed by atoms with van der Waals surface area (Å²) < 4.78 is 12.4. The minimum absolute atomic E-state index is 0.431. The summed E-state index contributed by atoms with van der Waals surface area (Å²) in [5.41, 5.74) is 4.10. The number of benzene rings is 2. The van der Waals surface area contributed by atoms with Crippen LogP contribution in [0.1, 0.15) is 29.2 Å². The number of fused-ring (bicyclic) bond motifs is 2. The van der Waals surface area contributed by atoms with Gasteiger partial charge in [0.1, 0.15) is 13.2 Å². The zero-order valence-electron chi connectivity index (χ0n) is 12.3. The first-order valence-corrected chi connectivity index (χ1v) is 8.50. The van der Waals surface area contributed by atoms with Crippen molar-refractivity contribution in [3.63, 3.8) is 0 Å². The molecule has 1 unspecified atom stereocenters. The highest BCUT2D eigenvalue weighted by atomic mass is 79.9. The summed E-state index contributed by atoms with van der Waals surface area (Å²) in [5.74, 6) is 1.71. The third kappa shape index (κ3) is 2.61. The SMILES string of the molecule is Brc1cccc2c1CCC2NCc1ccc2c(c1)OCCO2. The van der Waals surface area contributed by atoms with E-state index >= 15 is 0 Å². The minimum atomic E-state index is 0.431. The Morgan fingerprint density at radius 3 is 2.86 bits per heavy atom. The summed E-state index contributed by atoms with van der Waals surface area (Å²) in [7, 11) is 0. The number of nitrogens with one attached hydrogen (secondary N) is 1. The van der Waals surface area contributed by atoms with E-state index in [4.69, 9.17) is 9.47 Å². The van der Waals surface area contributed by atoms with E-state index in [0.29, 0.717) is 19.3 Å². The van der Waals surface area contributed by atoms with Crippen molar-refractivity contribution in [1.82, 2.24) is 5.32 Å². The molecule has 3 nitrogen and oxygen atoms in total. The lowest BCUT2D eigenvalue weighted by atomic mass is 10.1. The van der Waals surface area contributed by atoms with Crippen molar-refractivity contribution in [2.75, 3.05) is 13.2 Å². The Balaban J connectivity index is 1.47. The maximum Gasteiger partial charge on any atom is 0.161 e. The van der Waals surface area contributed by atoms with Gasteiger partial charge in [0.05, 0.1) is 0 Å². The molecule has 2 aliphatic rings. The second-order valence-corrected chi connectivity index (χ2v) is 6.61. The van der Waals surface area contributed by atoms with Gasteiger partial charge in [-0.15, -0.1) is 0 Å². The molecule has 0 saturated heterocycles. The van der Waals surface area contributed by atoms with Crippen LogP contribution in [0.2, 0.25) is 0 Å². The van der Waals surface area contributed by atoms with Crippen molar-refractivity contribution >= 4 is 15.9 Å². The Morgan fingerprint density at radius 2 is 1.95 bits per heavy atom. The Morgan fingerprint density at radius 1 is 1.09 bits per heavy atom. The molecular weight excluding hydrogens is 342 g/mol. The molecule has 0 spiro atoms. The lowest BCUT2D eigenvalue weighted by Crippen LogP contribution is -2.19. The highest BCUT2D eigenvalue weighted by molar-refractivity contribution is 9.10. The molecule has 1 aliphatic carbocycles. The van der Waals surface area contributed by atoms with Crippen molar-refractivity contribution in [2.24, 2.45) is 0 Å². The Bertz CT molecular complexity index is 701. The van der Waals surface area contributed by atoms with Gasteiger partial charge in [-0.1, -0.05) is 34.1 Å². The molecule has 2 aromatic rings. The number of hydrogen-bond donors (Lipinski definition) is 1. The van der Waals surface area contributed by atoms with Crippen LogP contribution in [-0.2, 0) is 13.0 Å². The Labute approximate surface area is 138 Å². The number of ether oxygens (including phenoxy) is 2. The molecule has 1 aliphatic heterocycles. The van der Waals surface area contributed by atoms with Gasteiger partial charge in [0.15, 0.2) is 11.5 Å². The largest absolute Gasteiger partial charge is 0.486 e. The van der Waals surface area contributed by atoms with Crippen LogP contribution in [-0.4, -0.2) is 13.2 Å². The smallest absolute Gasteiger partial charge is 0.161 e. The van der Waals surface area contributed by atoms with Crippen LogP contribution < -0.4 is 14.8 Å². The van der Waals surface area contributed by atoms with Crippen LogP contribution in [0.5, 0.6) is 11.5 Å². The molecule has 2 aromatic carbocycles. The molecule has 0 radical (unpaired) electrons. The molecule has 0 saturated carbocycles. The Kier molecular flexibility index (Phi) is 3.80. The molecule has 0 amide bonds. The van der Waals surface area contributed by atoms with Gasteiger partial charge in [-0.2, -0.15) is 0 Å². The molecule has 1 heterocycles. The van der Waals surface area contributed by atoms with Gasteiger partial charge in [-0.05, 0) is 47.7 Å². The Hall–Kier alpha value is -1.52. The topological polar surface area (TPSA) is 30.5 Å². The van der Waals surface area contributed by atoms with Gasteiger partial charge in [0.25, 0.3) is 0 Å². The molecular formula is C18H18BrNO2. The van der Waals surface area contributed by atoms with Crippen molar-refractivity contribution in [1.29, 1.82) is 0 Å². The molecule has 0 fully saturated rings. The zero-order chi connectivity index (χ0) is 14.9. The molecule has 0 bridgehead atoms. The summed E-state index contributed by atoms with van der Waals surface area (Å²) in [5, 5.41) is 3.67. The summed E-state index contributed by atoms with van der Waals surface area (Å²) in [4.78, 5) is 0. The first-order valence-electron chi connectivity index (χ1n) is 7.70. The van der Waals surface area contributed by atoms with Gasteiger partial charge < -0.3 is 14.8 Å². The fourth-order valence-electron chi connectivity index (χ4n) is 3.26. The fourth-order valence-corrected chi connectivity index (χ4v) is 3.84. The van der Waals surface area contributed by atoms with E-state index in [0.717, 1.165) is 30.9 Å². The lowest BCUT2D eigenvalue weighted by Gasteiger charge is -2.20. The molecule has 1 N–H and O–H groups in total. The van der Waals surface area contributed by atoms with Gasteiger partial charge in [0.2, 0.25) is 0 Å². The third-order valence-electron chi connectivity index (χ3n) is 4.37. The van der Waals surface area contributed by atoms with Crippen LogP contribution in [0.15, 0.2) is 40.9 Å².